The minimum Gasteiger partial charge on any atom is -0.462 e. The van der Waals surface area contributed by atoms with E-state index in [4.69, 9.17) is 16.0 Å². The van der Waals surface area contributed by atoms with E-state index in [1.807, 2.05) is 0 Å². The molecule has 0 amide bonds. The summed E-state index contributed by atoms with van der Waals surface area (Å²) in [5.74, 6) is 0. The van der Waals surface area contributed by atoms with Crippen LogP contribution in [0.2, 0.25) is 5.02 Å². The maximum atomic E-state index is 11.4. The molecule has 1 aromatic carbocycles. The lowest BCUT2D eigenvalue weighted by Crippen LogP contribution is -2.02. The highest BCUT2D eigenvalue weighted by Crippen LogP contribution is 2.28. The fourth-order valence-corrected chi connectivity index (χ4v) is 1.50. The normalized spacial score (nSPS) is 10.5. The molecule has 5 nitrogen and oxygen atoms in total. The van der Waals surface area contributed by atoms with Gasteiger partial charge in [0, 0.05) is 12.1 Å². The first-order valence-corrected chi connectivity index (χ1v) is 4.33. The maximum absolute atomic E-state index is 11.4. The first-order valence-electron chi connectivity index (χ1n) is 3.95. The van der Waals surface area contributed by atoms with Crippen LogP contribution in [0.5, 0.6) is 0 Å². The van der Waals surface area contributed by atoms with Gasteiger partial charge in [0.2, 0.25) is 0 Å². The van der Waals surface area contributed by atoms with Crippen molar-refractivity contribution >= 4 is 28.3 Å². The van der Waals surface area contributed by atoms with Gasteiger partial charge in [-0.25, -0.2) is 0 Å². The Labute approximate surface area is 88.0 Å². The minimum absolute atomic E-state index is 0.0402. The lowest BCUT2D eigenvalue weighted by molar-refractivity contribution is -0.383. The summed E-state index contributed by atoms with van der Waals surface area (Å²) in [6.45, 7) is 0. The predicted molar refractivity (Wildman–Crippen MR) is 54.1 cm³/mol. The zero-order valence-corrected chi connectivity index (χ0v) is 8.02. The van der Waals surface area contributed by atoms with E-state index in [-0.39, 0.29) is 21.7 Å². The van der Waals surface area contributed by atoms with Gasteiger partial charge in [0.05, 0.1) is 16.2 Å². The Kier molecular flexibility index (Phi) is 2.17. The molecule has 1 heterocycles. The number of nitro benzene ring substituents is 1. The lowest BCUT2D eigenvalue weighted by Gasteiger charge is -1.98. The molecule has 0 aliphatic rings. The number of nitro groups is 1. The van der Waals surface area contributed by atoms with Crippen LogP contribution in [0.1, 0.15) is 0 Å². The molecule has 1 aromatic heterocycles. The fraction of sp³-hybridized carbons (Fsp3) is 0. The Morgan fingerprint density at radius 2 is 2.07 bits per heavy atom. The van der Waals surface area contributed by atoms with Crippen LogP contribution < -0.4 is 5.43 Å². The first kappa shape index (κ1) is 9.67. The molecular weight excluding hydrogens is 222 g/mol. The molecule has 0 atom stereocenters. The van der Waals surface area contributed by atoms with Gasteiger partial charge in [-0.2, -0.15) is 0 Å². The fourth-order valence-electron chi connectivity index (χ4n) is 1.30. The van der Waals surface area contributed by atoms with Crippen molar-refractivity contribution < 1.29 is 9.34 Å². The Hall–Kier alpha value is -1.88. The molecule has 0 bridgehead atoms. The quantitative estimate of drug-likeness (QED) is 0.552. The second-order valence-corrected chi connectivity index (χ2v) is 3.22. The van der Waals surface area contributed by atoms with Gasteiger partial charge < -0.3 is 4.42 Å². The van der Waals surface area contributed by atoms with E-state index in [1.165, 1.54) is 12.1 Å². The van der Waals surface area contributed by atoms with Crippen molar-refractivity contribution in [2.75, 3.05) is 0 Å². The molecular formula is C9H4ClNO4. The second kappa shape index (κ2) is 3.36. The van der Waals surface area contributed by atoms with Crippen molar-refractivity contribution in [1.82, 2.24) is 0 Å². The predicted octanol–water partition coefficient (Wildman–Crippen LogP) is 2.35. The number of benzene rings is 1. The molecule has 0 aliphatic carbocycles. The lowest BCUT2D eigenvalue weighted by atomic mass is 10.2. The summed E-state index contributed by atoms with van der Waals surface area (Å²) in [6.07, 6.45) is 1.15. The molecule has 0 aliphatic heterocycles. The van der Waals surface area contributed by atoms with Gasteiger partial charge in [-0.15, -0.1) is 0 Å². The summed E-state index contributed by atoms with van der Waals surface area (Å²) in [5.41, 5.74) is -0.743. The summed E-state index contributed by atoms with van der Waals surface area (Å²) >= 11 is 5.75. The van der Waals surface area contributed by atoms with Gasteiger partial charge >= 0.3 is 0 Å². The van der Waals surface area contributed by atoms with Gasteiger partial charge in [-0.3, -0.25) is 14.9 Å². The summed E-state index contributed by atoms with van der Waals surface area (Å²) in [4.78, 5) is 21.5. The first-order chi connectivity index (χ1) is 7.11. The molecule has 6 heteroatoms. The minimum atomic E-state index is -0.643. The van der Waals surface area contributed by atoms with E-state index in [0.717, 1.165) is 12.3 Å². The molecule has 0 N–H and O–H groups in total. The van der Waals surface area contributed by atoms with Crippen molar-refractivity contribution in [2.24, 2.45) is 0 Å². The zero-order valence-electron chi connectivity index (χ0n) is 7.27. The molecule has 0 spiro atoms. The van der Waals surface area contributed by atoms with Crippen LogP contribution in [0.25, 0.3) is 11.0 Å². The largest absolute Gasteiger partial charge is 0.462 e. The van der Waals surface area contributed by atoms with Gasteiger partial charge in [-0.1, -0.05) is 11.6 Å². The average molecular weight is 226 g/mol. The van der Waals surface area contributed by atoms with Crippen LogP contribution in [-0.4, -0.2) is 4.92 Å². The van der Waals surface area contributed by atoms with Crippen LogP contribution in [0.4, 0.5) is 5.69 Å². The molecule has 2 rings (SSSR count). The smallest absolute Gasteiger partial charge is 0.284 e. The third-order valence-electron chi connectivity index (χ3n) is 1.94. The van der Waals surface area contributed by atoms with E-state index < -0.39 is 10.4 Å². The summed E-state index contributed by atoms with van der Waals surface area (Å²) in [5, 5.41) is 10.7. The number of fused-ring (bicyclic) bond motifs is 1. The standard InChI is InChI=1S/C9H4ClNO4/c10-5-1-2-6(11(13)14)8-7(12)3-4-15-9(5)8/h1-4H. The summed E-state index contributed by atoms with van der Waals surface area (Å²) in [6, 6.07) is 3.62. The summed E-state index contributed by atoms with van der Waals surface area (Å²) < 4.78 is 4.98. The Balaban J connectivity index is 3.03. The Morgan fingerprint density at radius 3 is 2.73 bits per heavy atom. The highest BCUT2D eigenvalue weighted by molar-refractivity contribution is 6.35. The highest BCUT2D eigenvalue weighted by Gasteiger charge is 2.17. The van der Waals surface area contributed by atoms with Crippen LogP contribution in [0.15, 0.2) is 33.7 Å². The number of hydrogen-bond acceptors (Lipinski definition) is 4. The number of non-ortho nitro benzene ring substituents is 1. The zero-order chi connectivity index (χ0) is 11.0. The van der Waals surface area contributed by atoms with Crippen LogP contribution >= 0.6 is 11.6 Å². The second-order valence-electron chi connectivity index (χ2n) is 2.81. The van der Waals surface area contributed by atoms with Gasteiger partial charge in [0.1, 0.15) is 5.39 Å². The molecule has 0 saturated heterocycles. The number of halogens is 1. The van der Waals surface area contributed by atoms with Crippen molar-refractivity contribution in [1.29, 1.82) is 0 Å². The molecule has 0 fully saturated rings. The Bertz CT molecular complexity index is 605. The maximum Gasteiger partial charge on any atom is 0.284 e. The van der Waals surface area contributed by atoms with Crippen molar-refractivity contribution in [3.63, 3.8) is 0 Å². The number of nitrogens with zero attached hydrogens (tertiary/aromatic N) is 1. The van der Waals surface area contributed by atoms with Crippen molar-refractivity contribution in [2.45, 2.75) is 0 Å². The topological polar surface area (TPSA) is 73.3 Å². The Morgan fingerprint density at radius 1 is 1.33 bits per heavy atom. The van der Waals surface area contributed by atoms with E-state index in [0.29, 0.717) is 0 Å². The average Bonchev–Trinajstić information content (AvgIpc) is 2.19. The van der Waals surface area contributed by atoms with Crippen LogP contribution in [-0.2, 0) is 0 Å². The molecule has 0 radical (unpaired) electrons. The monoisotopic (exact) mass is 225 g/mol. The molecule has 2 aromatic rings. The van der Waals surface area contributed by atoms with Crippen LogP contribution in [0, 0.1) is 10.1 Å². The number of rotatable bonds is 1. The highest BCUT2D eigenvalue weighted by atomic mass is 35.5. The SMILES string of the molecule is O=c1ccoc2c(Cl)ccc([N+](=O)[O-])c12. The molecule has 76 valence electrons. The third kappa shape index (κ3) is 1.46. The molecule has 15 heavy (non-hydrogen) atoms. The van der Waals surface area contributed by atoms with E-state index in [9.17, 15) is 14.9 Å². The van der Waals surface area contributed by atoms with Crippen molar-refractivity contribution in [3.05, 3.63) is 49.8 Å². The van der Waals surface area contributed by atoms with E-state index in [2.05, 4.69) is 0 Å². The van der Waals surface area contributed by atoms with Crippen LogP contribution in [0.3, 0.4) is 0 Å². The van der Waals surface area contributed by atoms with Crippen molar-refractivity contribution in [3.8, 4) is 0 Å². The van der Waals surface area contributed by atoms with Gasteiger partial charge in [0.25, 0.3) is 5.69 Å². The molecule has 0 unspecified atom stereocenters. The van der Waals surface area contributed by atoms with Gasteiger partial charge in [0.15, 0.2) is 11.0 Å². The van der Waals surface area contributed by atoms with Gasteiger partial charge in [-0.05, 0) is 6.07 Å². The molecule has 0 saturated carbocycles. The number of hydrogen-bond donors (Lipinski definition) is 0. The van der Waals surface area contributed by atoms with E-state index >= 15 is 0 Å². The van der Waals surface area contributed by atoms with E-state index in [1.54, 1.807) is 0 Å². The third-order valence-corrected chi connectivity index (χ3v) is 2.23. The summed E-state index contributed by atoms with van der Waals surface area (Å²) in [7, 11) is 0.